The summed E-state index contributed by atoms with van der Waals surface area (Å²) in [5, 5.41) is 3.68. The van der Waals surface area contributed by atoms with Crippen molar-refractivity contribution >= 4 is 21.6 Å². The summed E-state index contributed by atoms with van der Waals surface area (Å²) in [4.78, 5) is 2.43. The molecule has 3 rings (SSSR count). The topological polar surface area (TPSA) is 33.7 Å². The van der Waals surface area contributed by atoms with Gasteiger partial charge in [0.25, 0.3) is 0 Å². The molecule has 0 aromatic heterocycles. The Kier molecular flexibility index (Phi) is 5.52. The SMILES string of the molecule is Brc1ccc(CNC2CCOCC2)c(N2CCOCC2)c1. The Morgan fingerprint density at radius 2 is 1.81 bits per heavy atom. The molecule has 1 N–H and O–H groups in total. The molecule has 0 atom stereocenters. The van der Waals surface area contributed by atoms with Gasteiger partial charge in [-0.25, -0.2) is 0 Å². The smallest absolute Gasteiger partial charge is 0.0642 e. The first-order valence-electron chi connectivity index (χ1n) is 7.75. The Labute approximate surface area is 134 Å². The fourth-order valence-corrected chi connectivity index (χ4v) is 3.29. The lowest BCUT2D eigenvalue weighted by Gasteiger charge is -2.31. The van der Waals surface area contributed by atoms with Crippen molar-refractivity contribution in [3.63, 3.8) is 0 Å². The lowest BCUT2D eigenvalue weighted by Crippen LogP contribution is -2.38. The van der Waals surface area contributed by atoms with Crippen LogP contribution in [0, 0.1) is 0 Å². The van der Waals surface area contributed by atoms with Crippen LogP contribution in [0.25, 0.3) is 0 Å². The van der Waals surface area contributed by atoms with Crippen molar-refractivity contribution in [2.24, 2.45) is 0 Å². The lowest BCUT2D eigenvalue weighted by molar-refractivity contribution is 0.0776. The molecule has 1 aromatic rings. The van der Waals surface area contributed by atoms with E-state index in [1.54, 1.807) is 0 Å². The minimum Gasteiger partial charge on any atom is -0.381 e. The lowest BCUT2D eigenvalue weighted by atomic mass is 10.1. The molecule has 1 aromatic carbocycles. The number of rotatable bonds is 4. The highest BCUT2D eigenvalue weighted by Crippen LogP contribution is 2.26. The van der Waals surface area contributed by atoms with Crippen LogP contribution in [0.4, 0.5) is 5.69 Å². The summed E-state index contributed by atoms with van der Waals surface area (Å²) in [6.45, 7) is 6.27. The summed E-state index contributed by atoms with van der Waals surface area (Å²) < 4.78 is 12.0. The predicted molar refractivity (Wildman–Crippen MR) is 87.9 cm³/mol. The average molecular weight is 355 g/mol. The Bertz CT molecular complexity index is 458. The van der Waals surface area contributed by atoms with Crippen molar-refractivity contribution in [1.29, 1.82) is 0 Å². The molecule has 0 radical (unpaired) electrons. The van der Waals surface area contributed by atoms with Crippen molar-refractivity contribution in [2.75, 3.05) is 44.4 Å². The van der Waals surface area contributed by atoms with Gasteiger partial charge in [-0.1, -0.05) is 22.0 Å². The highest BCUT2D eigenvalue weighted by molar-refractivity contribution is 9.10. The number of anilines is 1. The van der Waals surface area contributed by atoms with Gasteiger partial charge in [-0.2, -0.15) is 0 Å². The summed E-state index contributed by atoms with van der Waals surface area (Å²) in [5.41, 5.74) is 2.69. The van der Waals surface area contributed by atoms with Crippen LogP contribution < -0.4 is 10.2 Å². The number of hydrogen-bond acceptors (Lipinski definition) is 4. The van der Waals surface area contributed by atoms with E-state index < -0.39 is 0 Å². The Morgan fingerprint density at radius 1 is 1.10 bits per heavy atom. The first-order chi connectivity index (χ1) is 10.3. The van der Waals surface area contributed by atoms with E-state index in [1.807, 2.05) is 0 Å². The van der Waals surface area contributed by atoms with Crippen LogP contribution in [-0.2, 0) is 16.0 Å². The molecule has 2 saturated heterocycles. The Balaban J connectivity index is 1.68. The van der Waals surface area contributed by atoms with Gasteiger partial charge in [0.1, 0.15) is 0 Å². The van der Waals surface area contributed by atoms with Crippen LogP contribution in [0.15, 0.2) is 22.7 Å². The van der Waals surface area contributed by atoms with Gasteiger partial charge < -0.3 is 19.7 Å². The molecular formula is C16H23BrN2O2. The first kappa shape index (κ1) is 15.3. The van der Waals surface area contributed by atoms with Crippen LogP contribution in [0.3, 0.4) is 0 Å². The summed E-state index contributed by atoms with van der Waals surface area (Å²) in [6.07, 6.45) is 2.23. The zero-order valence-electron chi connectivity index (χ0n) is 12.3. The number of morpholine rings is 1. The second-order valence-corrected chi connectivity index (χ2v) is 6.56. The molecule has 2 heterocycles. The van der Waals surface area contributed by atoms with Crippen molar-refractivity contribution < 1.29 is 9.47 Å². The molecule has 2 aliphatic heterocycles. The van der Waals surface area contributed by atoms with Crippen molar-refractivity contribution in [1.82, 2.24) is 5.32 Å². The first-order valence-corrected chi connectivity index (χ1v) is 8.54. The minimum atomic E-state index is 0.583. The van der Waals surface area contributed by atoms with E-state index in [4.69, 9.17) is 9.47 Å². The molecule has 21 heavy (non-hydrogen) atoms. The Hall–Kier alpha value is -0.620. The number of benzene rings is 1. The highest BCUT2D eigenvalue weighted by atomic mass is 79.9. The van der Waals surface area contributed by atoms with E-state index in [0.29, 0.717) is 6.04 Å². The van der Waals surface area contributed by atoms with Crippen LogP contribution in [0.1, 0.15) is 18.4 Å². The molecule has 2 aliphatic rings. The normalized spacial score (nSPS) is 20.7. The predicted octanol–water partition coefficient (Wildman–Crippen LogP) is 2.55. The summed E-state index contributed by atoms with van der Waals surface area (Å²) in [5.74, 6) is 0. The highest BCUT2D eigenvalue weighted by Gasteiger charge is 2.17. The van der Waals surface area contributed by atoms with E-state index in [-0.39, 0.29) is 0 Å². The van der Waals surface area contributed by atoms with Gasteiger partial charge >= 0.3 is 0 Å². The van der Waals surface area contributed by atoms with E-state index in [2.05, 4.69) is 44.3 Å². The molecule has 0 unspecified atom stereocenters. The van der Waals surface area contributed by atoms with Gasteiger partial charge in [0.2, 0.25) is 0 Å². The zero-order chi connectivity index (χ0) is 14.5. The van der Waals surface area contributed by atoms with E-state index in [9.17, 15) is 0 Å². The van der Waals surface area contributed by atoms with E-state index >= 15 is 0 Å². The molecule has 0 bridgehead atoms. The summed E-state index contributed by atoms with van der Waals surface area (Å²) in [7, 11) is 0. The van der Waals surface area contributed by atoms with Crippen LogP contribution in [-0.4, -0.2) is 45.6 Å². The third-order valence-corrected chi connectivity index (χ3v) is 4.69. The maximum atomic E-state index is 5.46. The molecule has 116 valence electrons. The van der Waals surface area contributed by atoms with Gasteiger partial charge in [-0.05, 0) is 30.5 Å². The van der Waals surface area contributed by atoms with E-state index in [0.717, 1.165) is 63.4 Å². The average Bonchev–Trinajstić information content (AvgIpc) is 2.55. The number of halogens is 1. The molecule has 2 fully saturated rings. The summed E-state index contributed by atoms with van der Waals surface area (Å²) in [6, 6.07) is 7.17. The van der Waals surface area contributed by atoms with Gasteiger partial charge in [0.05, 0.1) is 13.2 Å². The summed E-state index contributed by atoms with van der Waals surface area (Å²) >= 11 is 3.60. The largest absolute Gasteiger partial charge is 0.381 e. The van der Waals surface area contributed by atoms with Gasteiger partial charge in [-0.15, -0.1) is 0 Å². The van der Waals surface area contributed by atoms with Crippen molar-refractivity contribution in [2.45, 2.75) is 25.4 Å². The molecular weight excluding hydrogens is 332 g/mol. The quantitative estimate of drug-likeness (QED) is 0.900. The maximum absolute atomic E-state index is 5.46. The number of ether oxygens (including phenoxy) is 2. The molecule has 4 nitrogen and oxygen atoms in total. The number of nitrogens with zero attached hydrogens (tertiary/aromatic N) is 1. The van der Waals surface area contributed by atoms with Crippen LogP contribution in [0.2, 0.25) is 0 Å². The minimum absolute atomic E-state index is 0.583. The monoisotopic (exact) mass is 354 g/mol. The fourth-order valence-electron chi connectivity index (χ4n) is 2.94. The third kappa shape index (κ3) is 4.19. The third-order valence-electron chi connectivity index (χ3n) is 4.20. The zero-order valence-corrected chi connectivity index (χ0v) is 13.9. The van der Waals surface area contributed by atoms with Gasteiger partial charge in [0.15, 0.2) is 0 Å². The van der Waals surface area contributed by atoms with Gasteiger partial charge in [0, 0.05) is 49.0 Å². The fraction of sp³-hybridized carbons (Fsp3) is 0.625. The molecule has 0 aliphatic carbocycles. The molecule has 0 spiro atoms. The van der Waals surface area contributed by atoms with Crippen LogP contribution in [0.5, 0.6) is 0 Å². The second-order valence-electron chi connectivity index (χ2n) is 5.64. The van der Waals surface area contributed by atoms with Crippen molar-refractivity contribution in [3.05, 3.63) is 28.2 Å². The molecule has 0 amide bonds. The Morgan fingerprint density at radius 3 is 2.57 bits per heavy atom. The number of nitrogens with one attached hydrogen (secondary N) is 1. The molecule has 5 heteroatoms. The molecule has 0 saturated carbocycles. The van der Waals surface area contributed by atoms with Gasteiger partial charge in [-0.3, -0.25) is 0 Å². The maximum Gasteiger partial charge on any atom is 0.0642 e. The van der Waals surface area contributed by atoms with Crippen LogP contribution >= 0.6 is 15.9 Å². The number of hydrogen-bond donors (Lipinski definition) is 1. The van der Waals surface area contributed by atoms with Crippen molar-refractivity contribution in [3.8, 4) is 0 Å². The van der Waals surface area contributed by atoms with E-state index in [1.165, 1.54) is 11.3 Å². The standard InChI is InChI=1S/C16H23BrN2O2/c17-14-2-1-13(12-18-15-3-7-20-8-4-15)16(11-14)19-5-9-21-10-6-19/h1-2,11,15,18H,3-10,12H2. The second kappa shape index (κ2) is 7.58.